The standard InChI is InChI=1S/C17H23NO2/c19-17(20-16-8-2-1-3-9-16)18-12-10-15(11-13-18)14-6-4-5-7-14/h1-3,8-9,14-15H,4-7,10-13H2. The lowest BCUT2D eigenvalue weighted by Gasteiger charge is -2.34. The summed E-state index contributed by atoms with van der Waals surface area (Å²) in [5.74, 6) is 2.39. The largest absolute Gasteiger partial charge is 0.415 e. The topological polar surface area (TPSA) is 29.5 Å². The van der Waals surface area contributed by atoms with Gasteiger partial charge in [-0.25, -0.2) is 4.79 Å². The van der Waals surface area contributed by atoms with Crippen molar-refractivity contribution in [3.8, 4) is 5.75 Å². The molecule has 3 heteroatoms. The first-order valence-electron chi connectivity index (χ1n) is 7.85. The average molecular weight is 273 g/mol. The number of para-hydroxylation sites is 1. The molecule has 1 heterocycles. The molecule has 108 valence electrons. The zero-order chi connectivity index (χ0) is 13.8. The van der Waals surface area contributed by atoms with E-state index in [1.54, 1.807) is 0 Å². The molecule has 1 aliphatic heterocycles. The van der Waals surface area contributed by atoms with Crippen LogP contribution in [-0.2, 0) is 0 Å². The van der Waals surface area contributed by atoms with E-state index in [4.69, 9.17) is 4.74 Å². The Kier molecular flexibility index (Phi) is 4.24. The highest BCUT2D eigenvalue weighted by molar-refractivity contribution is 5.70. The second-order valence-electron chi connectivity index (χ2n) is 6.05. The predicted octanol–water partition coefficient (Wildman–Crippen LogP) is 4.09. The molecule has 0 N–H and O–H groups in total. The van der Waals surface area contributed by atoms with Crippen LogP contribution in [0.4, 0.5) is 4.79 Å². The van der Waals surface area contributed by atoms with Crippen molar-refractivity contribution in [1.29, 1.82) is 0 Å². The number of ether oxygens (including phenoxy) is 1. The van der Waals surface area contributed by atoms with E-state index in [0.29, 0.717) is 5.75 Å². The molecule has 20 heavy (non-hydrogen) atoms. The normalized spacial score (nSPS) is 21.1. The highest BCUT2D eigenvalue weighted by atomic mass is 16.6. The second-order valence-corrected chi connectivity index (χ2v) is 6.05. The van der Waals surface area contributed by atoms with Crippen molar-refractivity contribution in [3.05, 3.63) is 30.3 Å². The highest BCUT2D eigenvalue weighted by Crippen LogP contribution is 2.36. The molecule has 1 aromatic carbocycles. The van der Waals surface area contributed by atoms with Gasteiger partial charge >= 0.3 is 6.09 Å². The van der Waals surface area contributed by atoms with Crippen molar-refractivity contribution in [2.45, 2.75) is 38.5 Å². The smallest absolute Gasteiger partial charge is 0.410 e. The van der Waals surface area contributed by atoms with Crippen LogP contribution in [0.25, 0.3) is 0 Å². The van der Waals surface area contributed by atoms with Gasteiger partial charge in [0, 0.05) is 13.1 Å². The third-order valence-corrected chi connectivity index (χ3v) is 4.81. The number of carbonyl (C=O) groups is 1. The van der Waals surface area contributed by atoms with Crippen molar-refractivity contribution < 1.29 is 9.53 Å². The summed E-state index contributed by atoms with van der Waals surface area (Å²) in [5.41, 5.74) is 0. The molecule has 0 spiro atoms. The molecule has 0 unspecified atom stereocenters. The number of piperidine rings is 1. The van der Waals surface area contributed by atoms with Gasteiger partial charge in [0.15, 0.2) is 0 Å². The third-order valence-electron chi connectivity index (χ3n) is 4.81. The van der Waals surface area contributed by atoms with E-state index >= 15 is 0 Å². The van der Waals surface area contributed by atoms with Crippen LogP contribution in [0.15, 0.2) is 30.3 Å². The Hall–Kier alpha value is -1.51. The molecule has 1 amide bonds. The van der Waals surface area contributed by atoms with Gasteiger partial charge in [0.25, 0.3) is 0 Å². The molecule has 0 atom stereocenters. The Labute approximate surface area is 120 Å². The molecule has 3 rings (SSSR count). The minimum Gasteiger partial charge on any atom is -0.410 e. The molecule has 1 aliphatic carbocycles. The zero-order valence-corrected chi connectivity index (χ0v) is 12.0. The maximum absolute atomic E-state index is 12.1. The van der Waals surface area contributed by atoms with Crippen LogP contribution in [0.1, 0.15) is 38.5 Å². The van der Waals surface area contributed by atoms with Gasteiger partial charge in [-0.2, -0.15) is 0 Å². The van der Waals surface area contributed by atoms with Crippen molar-refractivity contribution >= 4 is 6.09 Å². The Morgan fingerprint density at radius 3 is 2.20 bits per heavy atom. The second kappa shape index (κ2) is 6.29. The summed E-state index contributed by atoms with van der Waals surface area (Å²) in [6.07, 6.45) is 7.71. The van der Waals surface area contributed by atoms with E-state index in [1.807, 2.05) is 35.2 Å². The van der Waals surface area contributed by atoms with E-state index in [-0.39, 0.29) is 6.09 Å². The van der Waals surface area contributed by atoms with E-state index < -0.39 is 0 Å². The Morgan fingerprint density at radius 1 is 0.950 bits per heavy atom. The molecule has 2 aliphatic rings. The van der Waals surface area contributed by atoms with E-state index in [2.05, 4.69) is 0 Å². The lowest BCUT2D eigenvalue weighted by atomic mass is 9.83. The van der Waals surface area contributed by atoms with Gasteiger partial charge in [0.05, 0.1) is 0 Å². The van der Waals surface area contributed by atoms with Crippen LogP contribution >= 0.6 is 0 Å². The van der Waals surface area contributed by atoms with Crippen molar-refractivity contribution in [3.63, 3.8) is 0 Å². The lowest BCUT2D eigenvalue weighted by Crippen LogP contribution is -2.41. The summed E-state index contributed by atoms with van der Waals surface area (Å²) < 4.78 is 5.40. The number of hydrogen-bond donors (Lipinski definition) is 0. The van der Waals surface area contributed by atoms with Gasteiger partial charge in [0.1, 0.15) is 5.75 Å². The maximum Gasteiger partial charge on any atom is 0.415 e. The molecular formula is C17H23NO2. The maximum atomic E-state index is 12.1. The number of hydrogen-bond acceptors (Lipinski definition) is 2. The highest BCUT2D eigenvalue weighted by Gasteiger charge is 2.30. The van der Waals surface area contributed by atoms with Gasteiger partial charge in [-0.1, -0.05) is 43.9 Å². The first-order valence-corrected chi connectivity index (χ1v) is 7.85. The summed E-state index contributed by atoms with van der Waals surface area (Å²) in [4.78, 5) is 14.0. The Bertz CT molecular complexity index is 432. The quantitative estimate of drug-likeness (QED) is 0.812. The van der Waals surface area contributed by atoms with E-state index in [1.165, 1.54) is 25.7 Å². The molecule has 1 saturated heterocycles. The number of amides is 1. The average Bonchev–Trinajstić information content (AvgIpc) is 3.03. The number of rotatable bonds is 2. The summed E-state index contributed by atoms with van der Waals surface area (Å²) in [7, 11) is 0. The van der Waals surface area contributed by atoms with Crippen LogP contribution < -0.4 is 4.74 Å². The zero-order valence-electron chi connectivity index (χ0n) is 12.0. The Balaban J connectivity index is 1.49. The van der Waals surface area contributed by atoms with E-state index in [0.717, 1.165) is 37.8 Å². The van der Waals surface area contributed by atoms with E-state index in [9.17, 15) is 4.79 Å². The number of nitrogens with zero attached hydrogens (tertiary/aromatic N) is 1. The van der Waals surface area contributed by atoms with Crippen molar-refractivity contribution in [2.75, 3.05) is 13.1 Å². The molecule has 0 aromatic heterocycles. The molecule has 1 aromatic rings. The third kappa shape index (κ3) is 3.14. The minimum atomic E-state index is -0.193. The van der Waals surface area contributed by atoms with Crippen molar-refractivity contribution in [1.82, 2.24) is 4.90 Å². The molecule has 3 nitrogen and oxygen atoms in total. The molecule has 1 saturated carbocycles. The summed E-state index contributed by atoms with van der Waals surface area (Å²) in [6, 6.07) is 9.33. The van der Waals surface area contributed by atoms with Gasteiger partial charge < -0.3 is 9.64 Å². The van der Waals surface area contributed by atoms with Crippen LogP contribution in [0.5, 0.6) is 5.75 Å². The van der Waals surface area contributed by atoms with Gasteiger partial charge in [-0.05, 0) is 36.8 Å². The molecule has 0 bridgehead atoms. The number of benzene rings is 1. The predicted molar refractivity (Wildman–Crippen MR) is 78.7 cm³/mol. The van der Waals surface area contributed by atoms with Gasteiger partial charge in [0.2, 0.25) is 0 Å². The number of carbonyl (C=O) groups excluding carboxylic acids is 1. The number of likely N-dealkylation sites (tertiary alicyclic amines) is 1. The monoisotopic (exact) mass is 273 g/mol. The van der Waals surface area contributed by atoms with Crippen molar-refractivity contribution in [2.24, 2.45) is 11.8 Å². The fraction of sp³-hybridized carbons (Fsp3) is 0.588. The Morgan fingerprint density at radius 2 is 1.55 bits per heavy atom. The first kappa shape index (κ1) is 13.5. The fourth-order valence-corrected chi connectivity index (χ4v) is 3.64. The lowest BCUT2D eigenvalue weighted by molar-refractivity contribution is 0.118. The molecule has 2 fully saturated rings. The van der Waals surface area contributed by atoms with Gasteiger partial charge in [-0.3, -0.25) is 0 Å². The van der Waals surface area contributed by atoms with Crippen LogP contribution in [-0.4, -0.2) is 24.1 Å². The van der Waals surface area contributed by atoms with Gasteiger partial charge in [-0.15, -0.1) is 0 Å². The summed E-state index contributed by atoms with van der Waals surface area (Å²) in [6.45, 7) is 1.71. The first-order chi connectivity index (χ1) is 9.83. The minimum absolute atomic E-state index is 0.193. The van der Waals surface area contributed by atoms with Crippen LogP contribution in [0.3, 0.4) is 0 Å². The summed E-state index contributed by atoms with van der Waals surface area (Å²) in [5, 5.41) is 0. The molecular weight excluding hydrogens is 250 g/mol. The fourth-order valence-electron chi connectivity index (χ4n) is 3.64. The summed E-state index contributed by atoms with van der Waals surface area (Å²) >= 11 is 0. The SMILES string of the molecule is O=C(Oc1ccccc1)N1CCC(C2CCCC2)CC1. The van der Waals surface area contributed by atoms with Crippen LogP contribution in [0, 0.1) is 11.8 Å². The van der Waals surface area contributed by atoms with Crippen LogP contribution in [0.2, 0.25) is 0 Å². The molecule has 0 radical (unpaired) electrons.